The summed E-state index contributed by atoms with van der Waals surface area (Å²) in [6.07, 6.45) is 1.34. The molecule has 0 radical (unpaired) electrons. The Labute approximate surface area is 185 Å². The van der Waals surface area contributed by atoms with Crippen LogP contribution >= 0.6 is 11.3 Å². The van der Waals surface area contributed by atoms with Crippen LogP contribution in [0.1, 0.15) is 50.5 Å². The van der Waals surface area contributed by atoms with Gasteiger partial charge in [-0.05, 0) is 48.4 Å². The number of aliphatic hydroxyl groups is 1. The SMILES string of the molecule is COc1ccc(C(O)Nc2sc3c(c2C(=O)O)CCC(c2ccccc2)C3)cc1OC. The molecule has 2 atom stereocenters. The number of aromatic carboxylic acids is 1. The number of carbonyl (C=O) groups is 1. The van der Waals surface area contributed by atoms with E-state index in [9.17, 15) is 15.0 Å². The van der Waals surface area contributed by atoms with E-state index < -0.39 is 12.2 Å². The second-order valence-corrected chi connectivity index (χ2v) is 8.63. The molecule has 1 aliphatic rings. The highest BCUT2D eigenvalue weighted by Gasteiger charge is 2.30. The number of rotatable bonds is 7. The maximum Gasteiger partial charge on any atom is 0.338 e. The zero-order valence-corrected chi connectivity index (χ0v) is 18.2. The Hall–Kier alpha value is -3.03. The van der Waals surface area contributed by atoms with Gasteiger partial charge >= 0.3 is 5.97 Å². The monoisotopic (exact) mass is 439 g/mol. The van der Waals surface area contributed by atoms with E-state index in [0.717, 1.165) is 23.3 Å². The van der Waals surface area contributed by atoms with Crippen LogP contribution in [-0.4, -0.2) is 30.4 Å². The average molecular weight is 440 g/mol. The van der Waals surface area contributed by atoms with Crippen LogP contribution in [0.15, 0.2) is 48.5 Å². The number of hydrogen-bond donors (Lipinski definition) is 3. The molecule has 1 aliphatic carbocycles. The second-order valence-electron chi connectivity index (χ2n) is 7.52. The quantitative estimate of drug-likeness (QED) is 0.457. The number of fused-ring (bicyclic) bond motifs is 1. The van der Waals surface area contributed by atoms with Crippen LogP contribution in [0.25, 0.3) is 0 Å². The molecule has 1 aromatic heterocycles. The summed E-state index contributed by atoms with van der Waals surface area (Å²) in [7, 11) is 3.07. The van der Waals surface area contributed by atoms with Crippen molar-refractivity contribution in [3.05, 3.63) is 75.7 Å². The molecule has 0 spiro atoms. The standard InChI is InChI=1S/C24H25NO5S/c1-29-18-11-9-16(12-19(18)30-2)22(26)25-23-21(24(27)28)17-10-8-15(13-20(17)31-23)14-6-4-3-5-7-14/h3-7,9,11-12,15,22,25-26H,8,10,13H2,1-2H3,(H,27,28). The minimum absolute atomic E-state index is 0.269. The van der Waals surface area contributed by atoms with Gasteiger partial charge in [-0.2, -0.15) is 0 Å². The number of anilines is 1. The highest BCUT2D eigenvalue weighted by atomic mass is 32.1. The Balaban J connectivity index is 1.61. The molecule has 1 heterocycles. The van der Waals surface area contributed by atoms with Crippen molar-refractivity contribution in [3.63, 3.8) is 0 Å². The Bertz CT molecular complexity index is 1080. The molecule has 0 saturated heterocycles. The zero-order valence-electron chi connectivity index (χ0n) is 17.4. The summed E-state index contributed by atoms with van der Waals surface area (Å²) in [4.78, 5) is 13.1. The molecule has 0 bridgehead atoms. The Morgan fingerprint density at radius 1 is 1.13 bits per heavy atom. The number of nitrogens with one attached hydrogen (secondary N) is 1. The molecule has 4 rings (SSSR count). The maximum absolute atomic E-state index is 12.1. The van der Waals surface area contributed by atoms with Gasteiger partial charge in [0.1, 0.15) is 5.00 Å². The van der Waals surface area contributed by atoms with Crippen molar-refractivity contribution in [3.8, 4) is 11.5 Å². The van der Waals surface area contributed by atoms with Gasteiger partial charge < -0.3 is 25.0 Å². The minimum Gasteiger partial charge on any atom is -0.493 e. The summed E-state index contributed by atoms with van der Waals surface area (Å²) in [5, 5.41) is 24.1. The lowest BCUT2D eigenvalue weighted by molar-refractivity contribution is 0.0696. The molecule has 2 aromatic carbocycles. The molecular weight excluding hydrogens is 414 g/mol. The van der Waals surface area contributed by atoms with E-state index in [1.165, 1.54) is 24.0 Å². The van der Waals surface area contributed by atoms with Crippen LogP contribution in [0.3, 0.4) is 0 Å². The number of aliphatic hydroxyl groups excluding tert-OH is 1. The maximum atomic E-state index is 12.1. The average Bonchev–Trinajstić information content (AvgIpc) is 3.16. The van der Waals surface area contributed by atoms with E-state index in [0.29, 0.717) is 34.4 Å². The van der Waals surface area contributed by atoms with Crippen molar-refractivity contribution >= 4 is 22.3 Å². The summed E-state index contributed by atoms with van der Waals surface area (Å²) in [5.74, 6) is 0.453. The first-order chi connectivity index (χ1) is 15.0. The van der Waals surface area contributed by atoms with Crippen molar-refractivity contribution < 1.29 is 24.5 Å². The lowest BCUT2D eigenvalue weighted by atomic mass is 9.83. The van der Waals surface area contributed by atoms with E-state index in [1.54, 1.807) is 25.3 Å². The number of methoxy groups -OCH3 is 2. The fraction of sp³-hybridized carbons (Fsp3) is 0.292. The lowest BCUT2D eigenvalue weighted by Crippen LogP contribution is -2.14. The molecule has 3 aromatic rings. The molecular formula is C24H25NO5S. The molecule has 162 valence electrons. The van der Waals surface area contributed by atoms with Crippen LogP contribution in [0, 0.1) is 0 Å². The minimum atomic E-state index is -1.08. The van der Waals surface area contributed by atoms with E-state index in [2.05, 4.69) is 17.4 Å². The molecule has 0 saturated carbocycles. The van der Waals surface area contributed by atoms with Crippen molar-refractivity contribution in [1.82, 2.24) is 0 Å². The number of carboxylic acids is 1. The van der Waals surface area contributed by atoms with Crippen LogP contribution < -0.4 is 14.8 Å². The van der Waals surface area contributed by atoms with Gasteiger partial charge in [-0.25, -0.2) is 4.79 Å². The van der Waals surface area contributed by atoms with E-state index in [-0.39, 0.29) is 5.56 Å². The van der Waals surface area contributed by atoms with Crippen molar-refractivity contribution in [2.75, 3.05) is 19.5 Å². The largest absolute Gasteiger partial charge is 0.493 e. The summed E-state index contributed by atoms with van der Waals surface area (Å²) >= 11 is 1.42. The summed E-state index contributed by atoms with van der Waals surface area (Å²) in [5.41, 5.74) is 2.98. The first-order valence-electron chi connectivity index (χ1n) is 10.1. The molecule has 0 amide bonds. The third kappa shape index (κ3) is 4.24. The van der Waals surface area contributed by atoms with Gasteiger partial charge in [0.15, 0.2) is 17.7 Å². The van der Waals surface area contributed by atoms with Crippen molar-refractivity contribution in [1.29, 1.82) is 0 Å². The smallest absolute Gasteiger partial charge is 0.338 e. The predicted molar refractivity (Wildman–Crippen MR) is 121 cm³/mol. The van der Waals surface area contributed by atoms with Crippen LogP contribution in [-0.2, 0) is 12.8 Å². The Morgan fingerprint density at radius 2 is 1.87 bits per heavy atom. The molecule has 31 heavy (non-hydrogen) atoms. The highest BCUT2D eigenvalue weighted by molar-refractivity contribution is 7.16. The fourth-order valence-electron chi connectivity index (χ4n) is 4.15. The molecule has 2 unspecified atom stereocenters. The number of hydrogen-bond acceptors (Lipinski definition) is 6. The highest BCUT2D eigenvalue weighted by Crippen LogP contribution is 2.43. The number of benzene rings is 2. The van der Waals surface area contributed by atoms with Crippen molar-refractivity contribution in [2.45, 2.75) is 31.4 Å². The van der Waals surface area contributed by atoms with Gasteiger partial charge in [0.25, 0.3) is 0 Å². The molecule has 3 N–H and O–H groups in total. The van der Waals surface area contributed by atoms with Gasteiger partial charge in [-0.1, -0.05) is 36.4 Å². The fourth-order valence-corrected chi connectivity index (χ4v) is 5.50. The Kier molecular flexibility index (Phi) is 6.15. The summed E-state index contributed by atoms with van der Waals surface area (Å²) in [6, 6.07) is 15.4. The normalized spacial score (nSPS) is 16.3. The van der Waals surface area contributed by atoms with Gasteiger partial charge in [-0.15, -0.1) is 11.3 Å². The number of ether oxygens (including phenoxy) is 2. The third-order valence-electron chi connectivity index (χ3n) is 5.74. The molecule has 6 nitrogen and oxygen atoms in total. The third-order valence-corrected chi connectivity index (χ3v) is 6.93. The summed E-state index contributed by atoms with van der Waals surface area (Å²) in [6.45, 7) is 0. The summed E-state index contributed by atoms with van der Waals surface area (Å²) < 4.78 is 10.5. The molecule has 0 aliphatic heterocycles. The number of carboxylic acid groups (broad SMARTS) is 1. The van der Waals surface area contributed by atoms with Gasteiger partial charge in [0, 0.05) is 10.4 Å². The lowest BCUT2D eigenvalue weighted by Gasteiger charge is -2.22. The van der Waals surface area contributed by atoms with Gasteiger partial charge in [-0.3, -0.25) is 0 Å². The molecule has 7 heteroatoms. The second kappa shape index (κ2) is 8.99. The first kappa shape index (κ1) is 21.2. The zero-order chi connectivity index (χ0) is 22.0. The van der Waals surface area contributed by atoms with E-state index >= 15 is 0 Å². The van der Waals surface area contributed by atoms with Gasteiger partial charge in [0.05, 0.1) is 19.8 Å². The predicted octanol–water partition coefficient (Wildman–Crippen LogP) is 4.84. The topological polar surface area (TPSA) is 88.0 Å². The van der Waals surface area contributed by atoms with E-state index in [4.69, 9.17) is 9.47 Å². The number of thiophene rings is 1. The van der Waals surface area contributed by atoms with Crippen LogP contribution in [0.4, 0.5) is 5.00 Å². The van der Waals surface area contributed by atoms with E-state index in [1.807, 2.05) is 18.2 Å². The van der Waals surface area contributed by atoms with Gasteiger partial charge in [0.2, 0.25) is 0 Å². The van der Waals surface area contributed by atoms with Crippen LogP contribution in [0.2, 0.25) is 0 Å². The van der Waals surface area contributed by atoms with Crippen LogP contribution in [0.5, 0.6) is 11.5 Å². The molecule has 0 fully saturated rings. The van der Waals surface area contributed by atoms with Crippen molar-refractivity contribution in [2.24, 2.45) is 0 Å². The first-order valence-corrected chi connectivity index (χ1v) is 10.9. The Morgan fingerprint density at radius 3 is 2.55 bits per heavy atom.